The normalized spacial score (nSPS) is 20.9. The van der Waals surface area contributed by atoms with Crippen LogP contribution in [0.3, 0.4) is 0 Å². The number of amides is 2. The number of hydrogen-bond acceptors (Lipinski definition) is 6. The molecule has 9 nitrogen and oxygen atoms in total. The van der Waals surface area contributed by atoms with Crippen molar-refractivity contribution in [1.82, 2.24) is 25.3 Å². The minimum absolute atomic E-state index is 0.0274. The van der Waals surface area contributed by atoms with Gasteiger partial charge in [0.2, 0.25) is 11.8 Å². The van der Waals surface area contributed by atoms with Crippen molar-refractivity contribution in [2.75, 3.05) is 65.4 Å². The SMILES string of the molecule is CCN1[13CH2][13CH2][15N]([13CH2][13CH]2[13CH2][13CH2][13CH2][15N]2CC(=O)NCCCC(=O)NCCCC(=O)O)[13CH2][13CH2]1. The molecule has 2 aliphatic rings. The molecule has 2 saturated heterocycles. The summed E-state index contributed by atoms with van der Waals surface area (Å²) in [6.07, 6.45) is 3.72. The molecule has 0 saturated carbocycles. The highest BCUT2D eigenvalue weighted by atomic mass is 16.4. The van der Waals surface area contributed by atoms with Crippen LogP contribution in [0.25, 0.3) is 0 Å². The number of carboxylic acid groups (broad SMARTS) is 1. The smallest absolute Gasteiger partial charge is 0.303 e. The largest absolute Gasteiger partial charge is 0.481 e. The minimum Gasteiger partial charge on any atom is -0.481 e. The molecule has 172 valence electrons. The van der Waals surface area contributed by atoms with Gasteiger partial charge in [-0.2, -0.15) is 0 Å². The van der Waals surface area contributed by atoms with E-state index >= 15 is 0 Å². The van der Waals surface area contributed by atoms with Gasteiger partial charge in [0, 0.05) is 64.7 Å². The molecule has 0 radical (unpaired) electrons. The standard InChI is InChI=1S/C21H39N5O4/c1-2-24-12-14-25(15-13-24)16-18-6-5-11-26(18)17-20(28)23-9-3-7-19(27)22-10-4-8-21(29)30/h18H,2-17H2,1H3,(H,22,27)(H,23,28)(H,29,30)/i5+1,6+1,11+1,12+1,13+1,14+1,15+1,16+1,18+1,25+1,26+1. The molecule has 2 amide bonds. The highest BCUT2D eigenvalue weighted by Gasteiger charge is 2.28. The van der Waals surface area contributed by atoms with Crippen LogP contribution >= 0.6 is 0 Å². The number of rotatable bonds is 13. The zero-order valence-corrected chi connectivity index (χ0v) is 18.4. The van der Waals surface area contributed by atoms with Crippen LogP contribution in [-0.2, 0) is 14.4 Å². The number of carbonyl (C=O) groups excluding carboxylic acids is 2. The second-order valence-electron chi connectivity index (χ2n) is 8.30. The summed E-state index contributed by atoms with van der Waals surface area (Å²) in [5.41, 5.74) is 0. The van der Waals surface area contributed by atoms with Crippen LogP contribution in [0.1, 0.15) is 45.4 Å². The first-order valence-electron chi connectivity index (χ1n) is 11.4. The lowest BCUT2D eigenvalue weighted by Gasteiger charge is -2.37. The second kappa shape index (κ2) is 13.6. The number of carbonyl (C=O) groups is 3. The van der Waals surface area contributed by atoms with Crippen molar-refractivity contribution in [3.8, 4) is 0 Å². The molecular formula is C21H39N5O4. The number of carboxylic acids is 1. The van der Waals surface area contributed by atoms with Gasteiger partial charge in [0.05, 0.1) is 6.54 Å². The molecule has 3 N–H and O–H groups in total. The summed E-state index contributed by atoms with van der Waals surface area (Å²) in [6, 6.07) is 0.459. The monoisotopic (exact) mass is 436 g/mol. The molecule has 1 unspecified atom stereocenters. The lowest BCUT2D eigenvalue weighted by atomic mass is 10.2. The maximum Gasteiger partial charge on any atom is 0.303 e. The molecule has 2 rings (SSSR count). The van der Waals surface area contributed by atoms with E-state index in [0.29, 0.717) is 44.9 Å². The maximum absolute atomic E-state index is 12.3. The Morgan fingerprint density at radius 1 is 0.900 bits per heavy atom. The average molecular weight is 436 g/mol. The van der Waals surface area contributed by atoms with Crippen LogP contribution < -0.4 is 10.6 Å². The van der Waals surface area contributed by atoms with E-state index in [1.807, 2.05) is 0 Å². The summed E-state index contributed by atoms with van der Waals surface area (Å²) >= 11 is 0. The number of likely N-dealkylation sites (N-methyl/N-ethyl adjacent to an activating group) is 1. The van der Waals surface area contributed by atoms with Gasteiger partial charge in [-0.15, -0.1) is 0 Å². The van der Waals surface area contributed by atoms with Crippen LogP contribution in [0.4, 0.5) is 0 Å². The topological polar surface area (TPSA) is 105 Å². The molecule has 9 heteroatoms. The number of piperazine rings is 1. The number of likely N-dealkylation sites (tertiary alicyclic amines) is 1. The van der Waals surface area contributed by atoms with E-state index in [1.54, 1.807) is 0 Å². The Balaban J connectivity index is 1.55. The summed E-state index contributed by atoms with van der Waals surface area (Å²) < 4.78 is 0. The first kappa shape index (κ1) is 24.6. The molecule has 0 aromatic carbocycles. The first-order valence-corrected chi connectivity index (χ1v) is 11.4. The lowest BCUT2D eigenvalue weighted by molar-refractivity contribution is -0.137. The molecule has 0 aromatic heterocycles. The van der Waals surface area contributed by atoms with Crippen LogP contribution in [0, 0.1) is 0 Å². The zero-order valence-electron chi connectivity index (χ0n) is 18.4. The molecule has 2 aliphatic heterocycles. The summed E-state index contributed by atoms with van der Waals surface area (Å²) in [7, 11) is 0. The van der Waals surface area contributed by atoms with E-state index in [4.69, 9.17) is 5.11 Å². The van der Waals surface area contributed by atoms with Crippen molar-refractivity contribution < 1.29 is 19.5 Å². The van der Waals surface area contributed by atoms with E-state index in [-0.39, 0.29) is 18.2 Å². The first-order chi connectivity index (χ1) is 14.5. The van der Waals surface area contributed by atoms with Gasteiger partial charge < -0.3 is 20.6 Å². The van der Waals surface area contributed by atoms with Crippen molar-refractivity contribution >= 4 is 17.8 Å². The van der Waals surface area contributed by atoms with E-state index < -0.39 is 5.97 Å². The summed E-state index contributed by atoms with van der Waals surface area (Å²) in [5.74, 6) is -0.928. The van der Waals surface area contributed by atoms with Crippen LogP contribution in [0.5, 0.6) is 0 Å². The molecule has 1 atom stereocenters. The van der Waals surface area contributed by atoms with Gasteiger partial charge in [-0.05, 0) is 38.8 Å². The average Bonchev–Trinajstić information content (AvgIpc) is 3.15. The number of aliphatic carboxylic acids is 1. The van der Waals surface area contributed by atoms with E-state index in [9.17, 15) is 14.4 Å². The van der Waals surface area contributed by atoms with E-state index in [1.165, 1.54) is 0 Å². The van der Waals surface area contributed by atoms with E-state index in [2.05, 4.69) is 32.3 Å². The summed E-state index contributed by atoms with van der Waals surface area (Å²) in [5, 5.41) is 14.2. The molecule has 2 fully saturated rings. The minimum atomic E-state index is -0.855. The number of hydrogen-bond donors (Lipinski definition) is 3. The van der Waals surface area contributed by atoms with Gasteiger partial charge in [0.25, 0.3) is 0 Å². The zero-order chi connectivity index (χ0) is 21.8. The molecule has 30 heavy (non-hydrogen) atoms. The van der Waals surface area contributed by atoms with Crippen LogP contribution in [-0.4, -0.2) is 109 Å². The molecule has 2 heterocycles. The molecule has 0 bridgehead atoms. The van der Waals surface area contributed by atoms with Gasteiger partial charge >= 0.3 is 5.97 Å². The maximum atomic E-state index is 12.3. The quantitative estimate of drug-likeness (QED) is 0.211. The Bertz CT molecular complexity index is 552. The predicted octanol–water partition coefficient (Wildman–Crippen LogP) is -0.0343. The lowest BCUT2D eigenvalue weighted by Crippen LogP contribution is -2.51. The Hall–Kier alpha value is -1.71. The molecule has 0 aliphatic carbocycles. The van der Waals surface area contributed by atoms with Gasteiger partial charge in [-0.25, -0.2) is 0 Å². The Labute approximate surface area is 180 Å². The third-order valence-corrected chi connectivity index (χ3v) is 6.02. The highest BCUT2D eigenvalue weighted by Crippen LogP contribution is 2.18. The van der Waals surface area contributed by atoms with E-state index in [0.717, 1.165) is 58.7 Å². The van der Waals surface area contributed by atoms with Crippen LogP contribution in [0.15, 0.2) is 0 Å². The highest BCUT2D eigenvalue weighted by molar-refractivity contribution is 5.78. The third-order valence-electron chi connectivity index (χ3n) is 6.02. The van der Waals surface area contributed by atoms with Crippen LogP contribution in [0.2, 0.25) is 0 Å². The van der Waals surface area contributed by atoms with Gasteiger partial charge in [0.1, 0.15) is 0 Å². The van der Waals surface area contributed by atoms with Crippen molar-refractivity contribution in [3.05, 3.63) is 0 Å². The summed E-state index contributed by atoms with van der Waals surface area (Å²) in [6.45, 7) is 11.1. The predicted molar refractivity (Wildman–Crippen MR) is 115 cm³/mol. The fraction of sp³-hybridized carbons (Fsp3) is 0.857. The molecular weight excluding hydrogens is 397 g/mol. The number of nitrogens with one attached hydrogen (secondary N) is 2. The van der Waals surface area contributed by atoms with Crippen molar-refractivity contribution in [2.45, 2.75) is 51.5 Å². The van der Waals surface area contributed by atoms with Gasteiger partial charge in [-0.1, -0.05) is 6.92 Å². The fourth-order valence-corrected chi connectivity index (χ4v) is 4.17. The Morgan fingerprint density at radius 3 is 2.20 bits per heavy atom. The molecule has 0 aromatic rings. The Kier molecular flexibility index (Phi) is 11.1. The third kappa shape index (κ3) is 9.40. The van der Waals surface area contributed by atoms with Crippen molar-refractivity contribution in [3.63, 3.8) is 0 Å². The fourth-order valence-electron chi connectivity index (χ4n) is 4.17. The van der Waals surface area contributed by atoms with Gasteiger partial charge in [0.15, 0.2) is 0 Å². The number of nitrogens with zero attached hydrogens (tertiary/aromatic N) is 3. The van der Waals surface area contributed by atoms with Gasteiger partial charge in [-0.3, -0.25) is 24.2 Å². The van der Waals surface area contributed by atoms with Crippen molar-refractivity contribution in [1.29, 1.82) is 0 Å². The second-order valence-corrected chi connectivity index (χ2v) is 8.30. The molecule has 0 spiro atoms. The summed E-state index contributed by atoms with van der Waals surface area (Å²) in [4.78, 5) is 41.7. The Morgan fingerprint density at radius 2 is 1.53 bits per heavy atom. The van der Waals surface area contributed by atoms with Crippen molar-refractivity contribution in [2.24, 2.45) is 0 Å².